The lowest BCUT2D eigenvalue weighted by Gasteiger charge is -2.23. The van der Waals surface area contributed by atoms with Crippen molar-refractivity contribution in [3.8, 4) is 0 Å². The molecule has 172 valence electrons. The third kappa shape index (κ3) is 20.5. The van der Waals surface area contributed by atoms with Crippen LogP contribution in [0.4, 0.5) is 0 Å². The lowest BCUT2D eigenvalue weighted by Crippen LogP contribution is -2.32. The molecule has 0 saturated carbocycles. The summed E-state index contributed by atoms with van der Waals surface area (Å²) in [6.07, 6.45) is 23.4. The first-order chi connectivity index (χ1) is 13.9. The van der Waals surface area contributed by atoms with Crippen LogP contribution in [0.5, 0.6) is 0 Å². The highest BCUT2D eigenvalue weighted by atomic mass is 35.5. The number of carbonyl (C=O) groups excluding carboxylic acids is 1. The van der Waals surface area contributed by atoms with Gasteiger partial charge >= 0.3 is 0 Å². The van der Waals surface area contributed by atoms with Gasteiger partial charge in [-0.3, -0.25) is 4.79 Å². The lowest BCUT2D eigenvalue weighted by atomic mass is 10.0. The molecule has 0 fully saturated rings. The molecule has 0 aliphatic heterocycles. The number of carbonyl (C=O) groups is 1. The number of allylic oxidation sites excluding steroid dienone is 2. The van der Waals surface area contributed by atoms with Crippen molar-refractivity contribution >= 4 is 17.5 Å². The Bertz CT molecular complexity index is 404. The van der Waals surface area contributed by atoms with Crippen molar-refractivity contribution in [2.45, 2.75) is 134 Å². The first-order valence-electron chi connectivity index (χ1n) is 12.2. The molecule has 3 nitrogen and oxygen atoms in total. The predicted molar refractivity (Wildman–Crippen MR) is 128 cm³/mol. The Kier molecular flexibility index (Phi) is 19.1. The summed E-state index contributed by atoms with van der Waals surface area (Å²) >= 11 is 6.11. The zero-order valence-corrected chi connectivity index (χ0v) is 20.2. The molecule has 2 N–H and O–H groups in total. The summed E-state index contributed by atoms with van der Waals surface area (Å²) in [7, 11) is 0. The second kappa shape index (κ2) is 19.4. The maximum atomic E-state index is 11.8. The number of alkyl halides is 1. The van der Waals surface area contributed by atoms with Crippen LogP contribution in [0.3, 0.4) is 0 Å². The quantitative estimate of drug-likeness (QED) is 0.121. The van der Waals surface area contributed by atoms with Crippen molar-refractivity contribution < 1.29 is 9.90 Å². The van der Waals surface area contributed by atoms with E-state index in [0.717, 1.165) is 19.3 Å². The van der Waals surface area contributed by atoms with Crippen LogP contribution in [0.2, 0.25) is 0 Å². The first kappa shape index (κ1) is 28.5. The average Bonchev–Trinajstić information content (AvgIpc) is 2.67. The van der Waals surface area contributed by atoms with Crippen LogP contribution in [0.25, 0.3) is 0 Å². The highest BCUT2D eigenvalue weighted by Crippen LogP contribution is 2.19. The Balaban J connectivity index is 3.33. The first-order valence-corrected chi connectivity index (χ1v) is 12.6. The van der Waals surface area contributed by atoms with E-state index in [1.54, 1.807) is 13.8 Å². The fourth-order valence-corrected chi connectivity index (χ4v) is 3.46. The third-order valence-corrected chi connectivity index (χ3v) is 6.14. The van der Waals surface area contributed by atoms with Crippen LogP contribution >= 0.6 is 11.6 Å². The minimum Gasteiger partial charge on any atom is -0.389 e. The van der Waals surface area contributed by atoms with Gasteiger partial charge in [0, 0.05) is 13.0 Å². The second-order valence-electron chi connectivity index (χ2n) is 8.95. The summed E-state index contributed by atoms with van der Waals surface area (Å²) in [4.78, 5) is 11.8. The summed E-state index contributed by atoms with van der Waals surface area (Å²) in [5.41, 5.74) is -0.866. The Morgan fingerprint density at radius 1 is 0.897 bits per heavy atom. The second-order valence-corrected chi connectivity index (χ2v) is 9.47. The molecule has 1 unspecified atom stereocenters. The number of rotatable bonds is 20. The van der Waals surface area contributed by atoms with E-state index in [2.05, 4.69) is 24.4 Å². The van der Waals surface area contributed by atoms with E-state index in [9.17, 15) is 9.90 Å². The number of hydrogen-bond donors (Lipinski definition) is 2. The minimum atomic E-state index is -0.866. The van der Waals surface area contributed by atoms with E-state index < -0.39 is 5.60 Å². The lowest BCUT2D eigenvalue weighted by molar-refractivity contribution is -0.121. The van der Waals surface area contributed by atoms with Crippen LogP contribution in [0.15, 0.2) is 12.2 Å². The molecule has 0 aromatic heterocycles. The number of hydrogen-bond acceptors (Lipinski definition) is 2. The van der Waals surface area contributed by atoms with Crippen LogP contribution in [-0.2, 0) is 4.79 Å². The molecule has 29 heavy (non-hydrogen) atoms. The van der Waals surface area contributed by atoms with Gasteiger partial charge in [-0.05, 0) is 58.8 Å². The molecule has 0 aromatic carbocycles. The fourth-order valence-electron chi connectivity index (χ4n) is 3.31. The van der Waals surface area contributed by atoms with Crippen LogP contribution < -0.4 is 5.32 Å². The molecule has 0 rings (SSSR count). The maximum Gasteiger partial charge on any atom is 0.219 e. The van der Waals surface area contributed by atoms with Gasteiger partial charge in [-0.2, -0.15) is 0 Å². The minimum absolute atomic E-state index is 0.136. The molecule has 0 bridgehead atoms. The molecule has 0 saturated heterocycles. The maximum absolute atomic E-state index is 11.8. The van der Waals surface area contributed by atoms with E-state index >= 15 is 0 Å². The van der Waals surface area contributed by atoms with Crippen LogP contribution in [0.1, 0.15) is 124 Å². The van der Waals surface area contributed by atoms with E-state index in [4.69, 9.17) is 11.6 Å². The van der Waals surface area contributed by atoms with Crippen molar-refractivity contribution in [1.82, 2.24) is 5.32 Å². The van der Waals surface area contributed by atoms with Crippen molar-refractivity contribution in [2.75, 3.05) is 6.54 Å². The van der Waals surface area contributed by atoms with Crippen molar-refractivity contribution in [2.24, 2.45) is 0 Å². The highest BCUT2D eigenvalue weighted by molar-refractivity contribution is 6.21. The number of halogens is 1. The fraction of sp³-hybridized carbons (Fsp3) is 0.880. The van der Waals surface area contributed by atoms with Crippen LogP contribution in [0, 0.1) is 0 Å². The van der Waals surface area contributed by atoms with E-state index in [-0.39, 0.29) is 11.3 Å². The smallest absolute Gasteiger partial charge is 0.219 e. The summed E-state index contributed by atoms with van der Waals surface area (Å²) in [5.74, 6) is 0.136. The van der Waals surface area contributed by atoms with Crippen LogP contribution in [-0.4, -0.2) is 28.5 Å². The molecule has 0 aliphatic rings. The highest BCUT2D eigenvalue weighted by Gasteiger charge is 2.23. The molecule has 4 heteroatoms. The molecular formula is C25H48ClNO2. The zero-order chi connectivity index (χ0) is 21.8. The van der Waals surface area contributed by atoms with Gasteiger partial charge in [0.2, 0.25) is 5.91 Å². The molecule has 0 aliphatic carbocycles. The number of nitrogens with one attached hydrogen (secondary N) is 1. The standard InChI is InChI=1S/C25H48ClNO2/c1-4-5-6-7-8-9-10-11-12-13-14-15-16-17-18-21-24(28)27-22-19-20-23(26)25(2,3)29/h11-12,23,29H,4-10,13-22H2,1-3H3,(H,27,28)/b12-11-. The molecular weight excluding hydrogens is 382 g/mol. The van der Waals surface area contributed by atoms with Gasteiger partial charge in [-0.25, -0.2) is 0 Å². The third-order valence-electron chi connectivity index (χ3n) is 5.39. The predicted octanol–water partition coefficient (Wildman–Crippen LogP) is 7.30. The van der Waals surface area contributed by atoms with Crippen molar-refractivity contribution in [3.63, 3.8) is 0 Å². The average molecular weight is 430 g/mol. The number of amides is 1. The SMILES string of the molecule is CCCCCCCC/C=C\CCCCCCCC(=O)NCCCC(Cl)C(C)(C)O. The van der Waals surface area contributed by atoms with E-state index in [1.165, 1.54) is 70.6 Å². The Morgan fingerprint density at radius 3 is 1.97 bits per heavy atom. The molecule has 1 atom stereocenters. The van der Waals surface area contributed by atoms with Crippen molar-refractivity contribution in [3.05, 3.63) is 12.2 Å². The Hall–Kier alpha value is -0.540. The van der Waals surface area contributed by atoms with E-state index in [0.29, 0.717) is 19.4 Å². The number of unbranched alkanes of at least 4 members (excludes halogenated alkanes) is 11. The summed E-state index contributed by atoms with van der Waals surface area (Å²) in [5, 5.41) is 12.5. The largest absolute Gasteiger partial charge is 0.389 e. The Morgan fingerprint density at radius 2 is 1.41 bits per heavy atom. The molecule has 0 aromatic rings. The number of aliphatic hydroxyl groups is 1. The molecule has 1 amide bonds. The van der Waals surface area contributed by atoms with Gasteiger partial charge in [-0.15, -0.1) is 11.6 Å². The topological polar surface area (TPSA) is 49.3 Å². The monoisotopic (exact) mass is 429 g/mol. The van der Waals surface area contributed by atoms with Gasteiger partial charge in [0.15, 0.2) is 0 Å². The normalized spacial score (nSPS) is 13.1. The summed E-state index contributed by atoms with van der Waals surface area (Å²) in [6.45, 7) is 6.34. The van der Waals surface area contributed by atoms with Gasteiger partial charge in [-0.1, -0.05) is 70.4 Å². The summed E-state index contributed by atoms with van der Waals surface area (Å²) < 4.78 is 0. The molecule has 0 heterocycles. The van der Waals surface area contributed by atoms with Gasteiger partial charge < -0.3 is 10.4 Å². The summed E-state index contributed by atoms with van der Waals surface area (Å²) in [6, 6.07) is 0. The molecule has 0 spiro atoms. The van der Waals surface area contributed by atoms with Gasteiger partial charge in [0.1, 0.15) is 0 Å². The zero-order valence-electron chi connectivity index (χ0n) is 19.5. The van der Waals surface area contributed by atoms with E-state index in [1.807, 2.05) is 0 Å². The Labute approximate surface area is 186 Å². The van der Waals surface area contributed by atoms with Gasteiger partial charge in [0.25, 0.3) is 0 Å². The van der Waals surface area contributed by atoms with Gasteiger partial charge in [0.05, 0.1) is 11.0 Å². The molecule has 0 radical (unpaired) electrons. The van der Waals surface area contributed by atoms with Crippen molar-refractivity contribution in [1.29, 1.82) is 0 Å².